The Morgan fingerprint density at radius 3 is 1.50 bits per heavy atom. The van der Waals surface area contributed by atoms with Crippen molar-refractivity contribution < 1.29 is 72.6 Å². The maximum Gasteiger partial charge on any atom is 1.00 e. The summed E-state index contributed by atoms with van der Waals surface area (Å²) in [6.07, 6.45) is 3.37. The Bertz CT molecular complexity index is 210. The van der Waals surface area contributed by atoms with E-state index >= 15 is 0 Å². The maximum atomic E-state index is 11.1. The summed E-state index contributed by atoms with van der Waals surface area (Å²) in [5.74, 6) is -2.39. The van der Waals surface area contributed by atoms with Crippen LogP contribution >= 0.6 is 0 Å². The number of carboxylic acids is 2. The molecule has 0 fully saturated rings. The van der Waals surface area contributed by atoms with E-state index in [2.05, 4.69) is 0 Å². The van der Waals surface area contributed by atoms with Gasteiger partial charge in [0.2, 0.25) is 0 Å². The minimum absolute atomic E-state index is 0. The third-order valence-electron chi connectivity index (χ3n) is 2.73. The molecule has 0 aliphatic heterocycles. The van der Waals surface area contributed by atoms with Crippen molar-refractivity contribution in [3.63, 3.8) is 0 Å². The molecule has 0 amide bonds. The van der Waals surface area contributed by atoms with Crippen LogP contribution in [-0.4, -0.2) is 22.2 Å². The number of unbranched alkanes of at least 4 members (excludes halogenated alkanes) is 2. The molecule has 0 saturated carbocycles. The quantitative estimate of drug-likeness (QED) is 0.459. The van der Waals surface area contributed by atoms with E-state index in [1.807, 2.05) is 13.8 Å². The standard InChI is InChI=1S/C11H20O4.K.H/c1-3-5-7-11(9(12)13,10(14)15)8-6-4-2;;/h3-8H2,1-2H3,(H,12,13)(H,14,15);;/q;+1;-1. The van der Waals surface area contributed by atoms with Gasteiger partial charge in [-0.2, -0.15) is 0 Å². The molecular formula is C11H21KO4. The average Bonchev–Trinajstić information content (AvgIpc) is 2.17. The predicted molar refractivity (Wildman–Crippen MR) is 57.9 cm³/mol. The fourth-order valence-electron chi connectivity index (χ4n) is 1.60. The van der Waals surface area contributed by atoms with Gasteiger partial charge in [-0.3, -0.25) is 9.59 Å². The number of carboxylic acid groups (broad SMARTS) is 2. The van der Waals surface area contributed by atoms with Gasteiger partial charge in [0, 0.05) is 0 Å². The van der Waals surface area contributed by atoms with Crippen LogP contribution < -0.4 is 51.4 Å². The van der Waals surface area contributed by atoms with E-state index in [9.17, 15) is 9.59 Å². The third-order valence-corrected chi connectivity index (χ3v) is 2.73. The summed E-state index contributed by atoms with van der Waals surface area (Å²) in [5.41, 5.74) is -1.56. The molecule has 0 aliphatic carbocycles. The van der Waals surface area contributed by atoms with Crippen molar-refractivity contribution in [2.45, 2.75) is 52.4 Å². The van der Waals surface area contributed by atoms with E-state index in [0.29, 0.717) is 12.8 Å². The predicted octanol–water partition coefficient (Wildman–Crippen LogP) is -0.361. The minimum atomic E-state index is -1.56. The molecule has 0 atom stereocenters. The van der Waals surface area contributed by atoms with Gasteiger partial charge < -0.3 is 11.6 Å². The number of rotatable bonds is 8. The zero-order valence-corrected chi connectivity index (χ0v) is 13.6. The number of hydrogen-bond acceptors (Lipinski definition) is 2. The summed E-state index contributed by atoms with van der Waals surface area (Å²) in [5, 5.41) is 18.1. The molecule has 4 nitrogen and oxygen atoms in total. The summed E-state index contributed by atoms with van der Waals surface area (Å²) < 4.78 is 0. The topological polar surface area (TPSA) is 74.6 Å². The van der Waals surface area contributed by atoms with Crippen LogP contribution in [0, 0.1) is 5.41 Å². The first-order chi connectivity index (χ1) is 7.01. The molecular weight excluding hydrogens is 235 g/mol. The summed E-state index contributed by atoms with van der Waals surface area (Å²) in [7, 11) is 0. The Kier molecular flexibility index (Phi) is 11.3. The van der Waals surface area contributed by atoms with Crippen molar-refractivity contribution in [1.82, 2.24) is 0 Å². The Hall–Kier alpha value is 0.576. The Balaban J connectivity index is -0.000000980. The monoisotopic (exact) mass is 256 g/mol. The first-order valence-electron chi connectivity index (χ1n) is 5.48. The fraction of sp³-hybridized carbons (Fsp3) is 0.818. The summed E-state index contributed by atoms with van der Waals surface area (Å²) in [4.78, 5) is 22.2. The maximum absolute atomic E-state index is 11.1. The minimum Gasteiger partial charge on any atom is -1.00 e. The molecule has 0 aliphatic rings. The molecule has 0 radical (unpaired) electrons. The first-order valence-corrected chi connectivity index (χ1v) is 5.48. The van der Waals surface area contributed by atoms with Crippen molar-refractivity contribution in [3.8, 4) is 0 Å². The van der Waals surface area contributed by atoms with Crippen molar-refractivity contribution in [3.05, 3.63) is 0 Å². The van der Waals surface area contributed by atoms with Gasteiger partial charge in [-0.25, -0.2) is 0 Å². The molecule has 0 aromatic heterocycles. The molecule has 0 spiro atoms. The van der Waals surface area contributed by atoms with E-state index in [1.165, 1.54) is 0 Å². The average molecular weight is 256 g/mol. The van der Waals surface area contributed by atoms with Crippen LogP contribution in [0.4, 0.5) is 0 Å². The van der Waals surface area contributed by atoms with Crippen LogP contribution in [0.3, 0.4) is 0 Å². The van der Waals surface area contributed by atoms with Gasteiger partial charge in [-0.05, 0) is 12.8 Å². The van der Waals surface area contributed by atoms with Crippen LogP contribution in [0.2, 0.25) is 0 Å². The summed E-state index contributed by atoms with van der Waals surface area (Å²) in [6, 6.07) is 0. The SMILES string of the molecule is CCCCC(CCCC)(C(=O)O)C(=O)O.[H-].[K+]. The largest absolute Gasteiger partial charge is 1.00 e. The zero-order valence-electron chi connectivity index (χ0n) is 11.5. The molecule has 0 saturated heterocycles. The number of carbonyl (C=O) groups is 2. The molecule has 0 bridgehead atoms. The summed E-state index contributed by atoms with van der Waals surface area (Å²) in [6.45, 7) is 3.85. The van der Waals surface area contributed by atoms with Gasteiger partial charge in [0.25, 0.3) is 0 Å². The van der Waals surface area contributed by atoms with Crippen molar-refractivity contribution in [2.24, 2.45) is 5.41 Å². The first kappa shape index (κ1) is 18.9. The van der Waals surface area contributed by atoms with Crippen LogP contribution in [0.5, 0.6) is 0 Å². The molecule has 16 heavy (non-hydrogen) atoms. The molecule has 5 heteroatoms. The van der Waals surface area contributed by atoms with E-state index in [0.717, 1.165) is 12.8 Å². The second-order valence-corrected chi connectivity index (χ2v) is 3.90. The summed E-state index contributed by atoms with van der Waals surface area (Å²) >= 11 is 0. The van der Waals surface area contributed by atoms with Gasteiger partial charge in [0.1, 0.15) is 0 Å². The zero-order chi connectivity index (χ0) is 11.9. The Labute approximate surface area is 141 Å². The van der Waals surface area contributed by atoms with Gasteiger partial charge in [0.15, 0.2) is 5.41 Å². The molecule has 0 aromatic rings. The smallest absolute Gasteiger partial charge is 1.00 e. The van der Waals surface area contributed by atoms with E-state index in [4.69, 9.17) is 10.2 Å². The van der Waals surface area contributed by atoms with E-state index < -0.39 is 17.4 Å². The van der Waals surface area contributed by atoms with E-state index in [-0.39, 0.29) is 65.7 Å². The Morgan fingerprint density at radius 1 is 1.00 bits per heavy atom. The normalized spacial score (nSPS) is 10.6. The van der Waals surface area contributed by atoms with Crippen molar-refractivity contribution in [2.75, 3.05) is 0 Å². The molecule has 90 valence electrons. The van der Waals surface area contributed by atoms with Crippen LogP contribution in [-0.2, 0) is 9.59 Å². The van der Waals surface area contributed by atoms with Gasteiger partial charge in [0.05, 0.1) is 0 Å². The molecule has 0 rings (SSSR count). The second-order valence-electron chi connectivity index (χ2n) is 3.90. The number of aliphatic carboxylic acids is 2. The Morgan fingerprint density at radius 2 is 1.31 bits per heavy atom. The molecule has 0 unspecified atom stereocenters. The molecule has 2 N–H and O–H groups in total. The van der Waals surface area contributed by atoms with Crippen LogP contribution in [0.25, 0.3) is 0 Å². The van der Waals surface area contributed by atoms with Crippen LogP contribution in [0.15, 0.2) is 0 Å². The fourth-order valence-corrected chi connectivity index (χ4v) is 1.60. The number of hydrogen-bond donors (Lipinski definition) is 2. The van der Waals surface area contributed by atoms with Gasteiger partial charge >= 0.3 is 63.3 Å². The van der Waals surface area contributed by atoms with Crippen LogP contribution in [0.1, 0.15) is 53.8 Å². The molecule has 0 heterocycles. The second kappa shape index (κ2) is 9.59. The third kappa shape index (κ3) is 5.27. The van der Waals surface area contributed by atoms with Crippen molar-refractivity contribution in [1.29, 1.82) is 0 Å². The van der Waals surface area contributed by atoms with E-state index in [1.54, 1.807) is 0 Å². The van der Waals surface area contributed by atoms with Crippen molar-refractivity contribution >= 4 is 11.9 Å². The van der Waals surface area contributed by atoms with Gasteiger partial charge in [-0.15, -0.1) is 0 Å². The molecule has 0 aromatic carbocycles. The van der Waals surface area contributed by atoms with Gasteiger partial charge in [-0.1, -0.05) is 39.5 Å².